The second-order valence-electron chi connectivity index (χ2n) is 4.89. The lowest BCUT2D eigenvalue weighted by Crippen LogP contribution is -2.04. The third kappa shape index (κ3) is 2.67. The summed E-state index contributed by atoms with van der Waals surface area (Å²) in [4.78, 5) is 16.7. The lowest BCUT2D eigenvalue weighted by molar-refractivity contribution is 0.111. The van der Waals surface area contributed by atoms with Gasteiger partial charge in [-0.2, -0.15) is 4.68 Å². The zero-order valence-corrected chi connectivity index (χ0v) is 12.9. The Labute approximate surface area is 130 Å². The van der Waals surface area contributed by atoms with Crippen molar-refractivity contribution in [3.63, 3.8) is 0 Å². The highest BCUT2D eigenvalue weighted by molar-refractivity contribution is 7.14. The molecule has 112 valence electrons. The van der Waals surface area contributed by atoms with Gasteiger partial charge in [-0.1, -0.05) is 28.7 Å². The Morgan fingerprint density at radius 3 is 2.59 bits per heavy atom. The van der Waals surface area contributed by atoms with Gasteiger partial charge in [-0.25, -0.2) is 9.37 Å². The van der Waals surface area contributed by atoms with Crippen LogP contribution >= 0.6 is 11.3 Å². The fourth-order valence-corrected chi connectivity index (χ4v) is 2.95. The predicted molar refractivity (Wildman–Crippen MR) is 81.1 cm³/mol. The minimum absolute atomic E-state index is 0.273. The van der Waals surface area contributed by atoms with E-state index in [1.807, 2.05) is 13.8 Å². The van der Waals surface area contributed by atoms with E-state index in [0.29, 0.717) is 23.5 Å². The normalized spacial score (nSPS) is 10.9. The summed E-state index contributed by atoms with van der Waals surface area (Å²) < 4.78 is 14.6. The fraction of sp³-hybridized carbons (Fsp3) is 0.200. The lowest BCUT2D eigenvalue weighted by Gasteiger charge is -2.04. The molecule has 0 spiro atoms. The van der Waals surface area contributed by atoms with Crippen LogP contribution in [0.5, 0.6) is 0 Å². The van der Waals surface area contributed by atoms with Crippen LogP contribution in [0.4, 0.5) is 4.39 Å². The van der Waals surface area contributed by atoms with Gasteiger partial charge >= 0.3 is 0 Å². The minimum Gasteiger partial charge on any atom is -0.296 e. The summed E-state index contributed by atoms with van der Waals surface area (Å²) in [6, 6.07) is 6.14. The summed E-state index contributed by atoms with van der Waals surface area (Å²) in [5.41, 5.74) is 2.72. The third-order valence-corrected chi connectivity index (χ3v) is 4.44. The van der Waals surface area contributed by atoms with Gasteiger partial charge in [0.15, 0.2) is 6.29 Å². The Hall–Kier alpha value is -2.41. The molecule has 22 heavy (non-hydrogen) atoms. The number of hydrogen-bond acceptors (Lipinski definition) is 5. The van der Waals surface area contributed by atoms with Crippen LogP contribution in [0.15, 0.2) is 24.3 Å². The number of nitrogens with zero attached hydrogens (tertiary/aromatic N) is 4. The number of rotatable bonds is 4. The van der Waals surface area contributed by atoms with Gasteiger partial charge in [0, 0.05) is 11.3 Å². The standard InChI is InChI=1S/C15H13FN4OS/c1-9-10(2)22-15(17-9)20-14(13(8-21)18-19-20)7-11-3-5-12(16)6-4-11/h3-6,8H,7H2,1-2H3. The second-order valence-corrected chi connectivity index (χ2v) is 6.07. The van der Waals surface area contributed by atoms with Crippen molar-refractivity contribution in [2.45, 2.75) is 20.3 Å². The molecule has 3 rings (SSSR count). The number of aldehydes is 1. The van der Waals surface area contributed by atoms with E-state index in [0.717, 1.165) is 16.1 Å². The van der Waals surface area contributed by atoms with E-state index in [9.17, 15) is 9.18 Å². The van der Waals surface area contributed by atoms with Crippen molar-refractivity contribution in [1.29, 1.82) is 0 Å². The first-order valence-corrected chi connectivity index (χ1v) is 7.48. The van der Waals surface area contributed by atoms with Crippen LogP contribution in [0, 0.1) is 19.7 Å². The highest BCUT2D eigenvalue weighted by Gasteiger charge is 2.17. The molecular formula is C15H13FN4OS. The van der Waals surface area contributed by atoms with Crippen LogP contribution in [-0.2, 0) is 6.42 Å². The molecule has 0 fully saturated rings. The van der Waals surface area contributed by atoms with E-state index in [1.165, 1.54) is 23.5 Å². The molecule has 0 aliphatic carbocycles. The maximum absolute atomic E-state index is 13.0. The largest absolute Gasteiger partial charge is 0.296 e. The van der Waals surface area contributed by atoms with Gasteiger partial charge in [0.05, 0.1) is 11.4 Å². The van der Waals surface area contributed by atoms with Crippen molar-refractivity contribution in [2.24, 2.45) is 0 Å². The Balaban J connectivity index is 2.03. The molecule has 3 aromatic rings. The maximum atomic E-state index is 13.0. The molecule has 0 N–H and O–H groups in total. The van der Waals surface area contributed by atoms with E-state index in [2.05, 4.69) is 15.3 Å². The predicted octanol–water partition coefficient (Wildman–Crippen LogP) is 2.88. The summed E-state index contributed by atoms with van der Waals surface area (Å²) >= 11 is 1.49. The number of carbonyl (C=O) groups is 1. The molecule has 0 amide bonds. The molecule has 0 unspecified atom stereocenters. The molecule has 0 aliphatic rings. The van der Waals surface area contributed by atoms with Crippen molar-refractivity contribution in [2.75, 3.05) is 0 Å². The van der Waals surface area contributed by atoms with Crippen LogP contribution in [-0.4, -0.2) is 26.3 Å². The Morgan fingerprint density at radius 2 is 2.00 bits per heavy atom. The number of carbonyl (C=O) groups excluding carboxylic acids is 1. The highest BCUT2D eigenvalue weighted by Crippen LogP contribution is 2.23. The first kappa shape index (κ1) is 14.5. The Morgan fingerprint density at radius 1 is 1.27 bits per heavy atom. The zero-order chi connectivity index (χ0) is 15.7. The molecule has 2 aromatic heterocycles. The second kappa shape index (κ2) is 5.76. The number of aromatic nitrogens is 4. The van der Waals surface area contributed by atoms with Crippen LogP contribution in [0.3, 0.4) is 0 Å². The first-order chi connectivity index (χ1) is 10.6. The molecule has 0 aliphatic heterocycles. The number of hydrogen-bond donors (Lipinski definition) is 0. The molecule has 0 saturated heterocycles. The number of halogens is 1. The summed E-state index contributed by atoms with van der Waals surface area (Å²) in [6.07, 6.45) is 1.11. The van der Waals surface area contributed by atoms with Crippen LogP contribution in [0.2, 0.25) is 0 Å². The number of benzene rings is 1. The van der Waals surface area contributed by atoms with Gasteiger partial charge in [0.1, 0.15) is 11.5 Å². The number of thiazole rings is 1. The Bertz CT molecular complexity index is 803. The zero-order valence-electron chi connectivity index (χ0n) is 12.1. The Kier molecular flexibility index (Phi) is 3.81. The fourth-order valence-electron chi connectivity index (χ4n) is 2.07. The molecular weight excluding hydrogens is 303 g/mol. The van der Waals surface area contributed by atoms with Crippen LogP contribution < -0.4 is 0 Å². The summed E-state index contributed by atoms with van der Waals surface area (Å²) in [5.74, 6) is -0.294. The molecule has 0 atom stereocenters. The highest BCUT2D eigenvalue weighted by atomic mass is 32.1. The van der Waals surface area contributed by atoms with Crippen molar-refractivity contribution in [3.8, 4) is 5.13 Å². The average Bonchev–Trinajstić information content (AvgIpc) is 3.05. The molecule has 1 aromatic carbocycles. The van der Waals surface area contributed by atoms with Crippen molar-refractivity contribution < 1.29 is 9.18 Å². The van der Waals surface area contributed by atoms with Gasteiger partial charge < -0.3 is 0 Å². The van der Waals surface area contributed by atoms with Crippen LogP contribution in [0.1, 0.15) is 32.3 Å². The van der Waals surface area contributed by atoms with Crippen molar-refractivity contribution >= 4 is 17.6 Å². The van der Waals surface area contributed by atoms with Gasteiger partial charge in [-0.05, 0) is 31.5 Å². The quantitative estimate of drug-likeness (QED) is 0.694. The van der Waals surface area contributed by atoms with E-state index in [4.69, 9.17) is 0 Å². The van der Waals surface area contributed by atoms with Gasteiger partial charge in [-0.15, -0.1) is 5.10 Å². The average molecular weight is 316 g/mol. The van der Waals surface area contributed by atoms with Gasteiger partial charge in [-0.3, -0.25) is 4.79 Å². The van der Waals surface area contributed by atoms with E-state index in [1.54, 1.807) is 16.8 Å². The molecule has 7 heteroatoms. The maximum Gasteiger partial charge on any atom is 0.212 e. The molecule has 0 radical (unpaired) electrons. The smallest absolute Gasteiger partial charge is 0.212 e. The SMILES string of the molecule is Cc1nc(-n2nnc(C=O)c2Cc2ccc(F)cc2)sc1C. The van der Waals surface area contributed by atoms with Crippen molar-refractivity contribution in [1.82, 2.24) is 20.0 Å². The molecule has 0 bridgehead atoms. The van der Waals surface area contributed by atoms with Gasteiger partial charge in [0.2, 0.25) is 5.13 Å². The van der Waals surface area contributed by atoms with E-state index >= 15 is 0 Å². The van der Waals surface area contributed by atoms with Gasteiger partial charge in [0.25, 0.3) is 0 Å². The first-order valence-electron chi connectivity index (χ1n) is 6.67. The summed E-state index contributed by atoms with van der Waals surface area (Å²) in [5, 5.41) is 8.61. The summed E-state index contributed by atoms with van der Waals surface area (Å²) in [6.45, 7) is 3.90. The molecule has 5 nitrogen and oxygen atoms in total. The monoisotopic (exact) mass is 316 g/mol. The van der Waals surface area contributed by atoms with E-state index in [-0.39, 0.29) is 11.5 Å². The van der Waals surface area contributed by atoms with Crippen molar-refractivity contribution in [3.05, 3.63) is 57.6 Å². The van der Waals surface area contributed by atoms with Crippen LogP contribution in [0.25, 0.3) is 5.13 Å². The molecule has 0 saturated carbocycles. The van der Waals surface area contributed by atoms with E-state index < -0.39 is 0 Å². The minimum atomic E-state index is -0.294. The lowest BCUT2D eigenvalue weighted by atomic mass is 10.1. The number of aryl methyl sites for hydroxylation is 2. The third-order valence-electron chi connectivity index (χ3n) is 3.39. The summed E-state index contributed by atoms with van der Waals surface area (Å²) in [7, 11) is 0. The topological polar surface area (TPSA) is 60.7 Å². The molecule has 2 heterocycles.